The molecule has 1 saturated heterocycles. The first-order valence-corrected chi connectivity index (χ1v) is 9.33. The second-order valence-corrected chi connectivity index (χ2v) is 7.28. The Morgan fingerprint density at radius 2 is 2.00 bits per heavy atom. The highest BCUT2D eigenvalue weighted by Crippen LogP contribution is 2.35. The van der Waals surface area contributed by atoms with E-state index in [0.717, 1.165) is 11.5 Å². The Bertz CT molecular complexity index is 838. The summed E-state index contributed by atoms with van der Waals surface area (Å²) in [7, 11) is 0. The fourth-order valence-electron chi connectivity index (χ4n) is 3.40. The number of nitrogens with one attached hydrogen (secondary N) is 1. The molecule has 1 fully saturated rings. The number of rotatable bonds is 5. The fourth-order valence-corrected chi connectivity index (χ4v) is 3.62. The lowest BCUT2D eigenvalue weighted by atomic mass is 9.98. The average Bonchev–Trinajstić information content (AvgIpc) is 3.25. The third-order valence-corrected chi connectivity index (χ3v) is 5.10. The van der Waals surface area contributed by atoms with E-state index < -0.39 is 0 Å². The third-order valence-electron chi connectivity index (χ3n) is 4.75. The van der Waals surface area contributed by atoms with Gasteiger partial charge in [0.05, 0.1) is 31.4 Å². The van der Waals surface area contributed by atoms with Crippen LogP contribution >= 0.6 is 11.6 Å². The van der Waals surface area contributed by atoms with Crippen molar-refractivity contribution in [2.24, 2.45) is 5.92 Å². The molecule has 2 aliphatic heterocycles. The molecule has 1 amide bonds. The van der Waals surface area contributed by atoms with Gasteiger partial charge in [0.1, 0.15) is 19.0 Å². The number of aryl methyl sites for hydroxylation is 1. The van der Waals surface area contributed by atoms with Crippen molar-refractivity contribution in [1.29, 1.82) is 0 Å². The molecule has 0 radical (unpaired) electrons. The Hall–Kier alpha value is -2.25. The summed E-state index contributed by atoms with van der Waals surface area (Å²) in [4.78, 5) is 12.6. The van der Waals surface area contributed by atoms with Gasteiger partial charge in [-0.2, -0.15) is 0 Å². The van der Waals surface area contributed by atoms with Gasteiger partial charge in [0, 0.05) is 29.5 Å². The van der Waals surface area contributed by atoms with Gasteiger partial charge in [0.15, 0.2) is 11.5 Å². The maximum absolute atomic E-state index is 12.6. The predicted molar refractivity (Wildman–Crippen MR) is 97.3 cm³/mol. The summed E-state index contributed by atoms with van der Waals surface area (Å²) >= 11 is 6.30. The van der Waals surface area contributed by atoms with Crippen molar-refractivity contribution >= 4 is 17.5 Å². The molecule has 27 heavy (non-hydrogen) atoms. The lowest BCUT2D eigenvalue weighted by Crippen LogP contribution is -2.41. The van der Waals surface area contributed by atoms with Crippen molar-refractivity contribution in [1.82, 2.24) is 10.5 Å². The van der Waals surface area contributed by atoms with Crippen LogP contribution in [0.1, 0.15) is 17.0 Å². The van der Waals surface area contributed by atoms with Crippen LogP contribution in [0.5, 0.6) is 11.5 Å². The van der Waals surface area contributed by atoms with E-state index in [4.69, 9.17) is 30.3 Å². The molecule has 1 aromatic carbocycles. The maximum Gasteiger partial charge on any atom is 0.224 e. The maximum atomic E-state index is 12.6. The molecule has 0 saturated carbocycles. The fraction of sp³-hybridized carbons (Fsp3) is 0.474. The van der Waals surface area contributed by atoms with Gasteiger partial charge >= 0.3 is 0 Å². The van der Waals surface area contributed by atoms with E-state index in [2.05, 4.69) is 10.5 Å². The summed E-state index contributed by atoms with van der Waals surface area (Å²) in [6, 6.07) is 5.31. The number of aromatic nitrogens is 1. The first-order valence-electron chi connectivity index (χ1n) is 8.96. The number of carbonyl (C=O) groups excluding carboxylic acids is 1. The smallest absolute Gasteiger partial charge is 0.224 e. The predicted octanol–water partition coefficient (Wildman–Crippen LogP) is 2.32. The molecule has 0 bridgehead atoms. The SMILES string of the molecule is Cc1cc(C[C@@H]2COC[C@@H]2NC(=O)Cc2cc3c(cc2Cl)OCCO3)on1. The second-order valence-electron chi connectivity index (χ2n) is 6.87. The van der Waals surface area contributed by atoms with Gasteiger partial charge in [0.25, 0.3) is 0 Å². The monoisotopic (exact) mass is 392 g/mol. The molecule has 144 valence electrons. The van der Waals surface area contributed by atoms with E-state index >= 15 is 0 Å². The zero-order valence-corrected chi connectivity index (χ0v) is 15.8. The molecule has 3 heterocycles. The van der Waals surface area contributed by atoms with Gasteiger partial charge in [-0.15, -0.1) is 0 Å². The number of fused-ring (bicyclic) bond motifs is 1. The number of ether oxygens (including phenoxy) is 3. The second kappa shape index (κ2) is 7.78. The molecule has 2 atom stereocenters. The molecule has 0 aliphatic carbocycles. The van der Waals surface area contributed by atoms with E-state index in [0.29, 0.717) is 54.9 Å². The molecular formula is C19H21ClN2O5. The van der Waals surface area contributed by atoms with Crippen LogP contribution in [0.4, 0.5) is 0 Å². The summed E-state index contributed by atoms with van der Waals surface area (Å²) in [6.45, 7) is 3.93. The first kappa shape index (κ1) is 18.1. The van der Waals surface area contributed by atoms with Crippen LogP contribution in [0.25, 0.3) is 0 Å². The lowest BCUT2D eigenvalue weighted by Gasteiger charge is -2.21. The molecule has 0 spiro atoms. The number of carbonyl (C=O) groups is 1. The minimum atomic E-state index is -0.108. The largest absolute Gasteiger partial charge is 0.486 e. The van der Waals surface area contributed by atoms with Gasteiger partial charge in [-0.3, -0.25) is 4.79 Å². The Morgan fingerprint density at radius 3 is 2.74 bits per heavy atom. The Kier molecular flexibility index (Phi) is 5.22. The lowest BCUT2D eigenvalue weighted by molar-refractivity contribution is -0.121. The van der Waals surface area contributed by atoms with E-state index in [1.165, 1.54) is 0 Å². The highest BCUT2D eigenvalue weighted by Gasteiger charge is 2.31. The third kappa shape index (κ3) is 4.20. The van der Waals surface area contributed by atoms with Gasteiger partial charge in [-0.1, -0.05) is 16.8 Å². The topological polar surface area (TPSA) is 82.8 Å². The van der Waals surface area contributed by atoms with Crippen LogP contribution in [-0.4, -0.2) is 43.5 Å². The number of benzene rings is 1. The highest BCUT2D eigenvalue weighted by molar-refractivity contribution is 6.31. The quantitative estimate of drug-likeness (QED) is 0.840. The zero-order chi connectivity index (χ0) is 18.8. The van der Waals surface area contributed by atoms with Crippen molar-refractivity contribution in [3.05, 3.63) is 40.2 Å². The van der Waals surface area contributed by atoms with Crippen molar-refractivity contribution < 1.29 is 23.5 Å². The molecule has 2 aliphatic rings. The molecule has 8 heteroatoms. The zero-order valence-electron chi connectivity index (χ0n) is 15.0. The summed E-state index contributed by atoms with van der Waals surface area (Å²) in [6.07, 6.45) is 0.844. The van der Waals surface area contributed by atoms with Gasteiger partial charge < -0.3 is 24.1 Å². The van der Waals surface area contributed by atoms with Crippen LogP contribution in [0, 0.1) is 12.8 Å². The van der Waals surface area contributed by atoms with Crippen molar-refractivity contribution in [2.45, 2.75) is 25.8 Å². The standard InChI is InChI=1S/C19H21ClN2O5/c1-11-4-14(27-22-11)5-13-9-24-10-16(13)21-19(23)7-12-6-17-18(8-15(12)20)26-3-2-25-17/h4,6,8,13,16H,2-3,5,7,9-10H2,1H3,(H,21,23)/t13-,16+/m1/s1. The molecule has 0 unspecified atom stereocenters. The van der Waals surface area contributed by atoms with Crippen molar-refractivity contribution in [2.75, 3.05) is 26.4 Å². The number of halogens is 1. The van der Waals surface area contributed by atoms with E-state index in [1.807, 2.05) is 13.0 Å². The van der Waals surface area contributed by atoms with E-state index in [-0.39, 0.29) is 24.3 Å². The molecule has 2 aromatic rings. The van der Waals surface area contributed by atoms with Crippen LogP contribution < -0.4 is 14.8 Å². The molecule has 7 nitrogen and oxygen atoms in total. The summed E-state index contributed by atoms with van der Waals surface area (Å²) in [5.41, 5.74) is 1.55. The normalized spacial score (nSPS) is 21.3. The minimum Gasteiger partial charge on any atom is -0.486 e. The summed E-state index contributed by atoms with van der Waals surface area (Å²) in [5.74, 6) is 2.08. The highest BCUT2D eigenvalue weighted by atomic mass is 35.5. The van der Waals surface area contributed by atoms with Gasteiger partial charge in [0.2, 0.25) is 5.91 Å². The van der Waals surface area contributed by atoms with E-state index in [1.54, 1.807) is 12.1 Å². The van der Waals surface area contributed by atoms with Crippen molar-refractivity contribution in [3.8, 4) is 11.5 Å². The molecule has 1 aromatic heterocycles. The Labute approximate surface area is 161 Å². The minimum absolute atomic E-state index is 0.0705. The number of hydrogen-bond acceptors (Lipinski definition) is 6. The van der Waals surface area contributed by atoms with Crippen molar-refractivity contribution in [3.63, 3.8) is 0 Å². The van der Waals surface area contributed by atoms with Gasteiger partial charge in [-0.25, -0.2) is 0 Å². The van der Waals surface area contributed by atoms with Crippen LogP contribution in [0.3, 0.4) is 0 Å². The summed E-state index contributed by atoms with van der Waals surface area (Å²) in [5, 5.41) is 7.45. The molecular weight excluding hydrogens is 372 g/mol. The number of nitrogens with zero attached hydrogens (tertiary/aromatic N) is 1. The number of hydrogen-bond donors (Lipinski definition) is 1. The Balaban J connectivity index is 1.38. The molecule has 1 N–H and O–H groups in total. The first-order chi connectivity index (χ1) is 13.1. The van der Waals surface area contributed by atoms with Gasteiger partial charge in [-0.05, 0) is 18.6 Å². The summed E-state index contributed by atoms with van der Waals surface area (Å²) < 4.78 is 21.9. The van der Waals surface area contributed by atoms with E-state index in [9.17, 15) is 4.79 Å². The molecule has 4 rings (SSSR count). The van der Waals surface area contributed by atoms with Crippen LogP contribution in [0.2, 0.25) is 5.02 Å². The average molecular weight is 393 g/mol. The Morgan fingerprint density at radius 1 is 1.22 bits per heavy atom. The van der Waals surface area contributed by atoms with Crippen LogP contribution in [0.15, 0.2) is 22.7 Å². The number of amides is 1. The van der Waals surface area contributed by atoms with Crippen LogP contribution in [-0.2, 0) is 22.4 Å².